The number of aliphatic hydroxyl groups excluding tert-OH is 2. The Kier molecular flexibility index (Phi) is 40.7. The molecule has 45 heavy (non-hydrogen) atoms. The molecule has 0 aliphatic carbocycles. The number of amides is 2. The van der Waals surface area contributed by atoms with Crippen molar-refractivity contribution in [1.82, 2.24) is 10.6 Å². The van der Waals surface area contributed by atoms with Gasteiger partial charge in [-0.05, 0) is 11.2 Å². The fraction of sp³-hybridized carbons (Fsp3) is 0.826. The normalized spacial score (nSPS) is 12.2. The van der Waals surface area contributed by atoms with Crippen molar-refractivity contribution < 1.29 is 38.9 Å². The molecule has 0 aliphatic heterocycles. The summed E-state index contributed by atoms with van der Waals surface area (Å²) in [5.41, 5.74) is 1.51. The Bertz CT molecular complexity index is 741. The summed E-state index contributed by atoms with van der Waals surface area (Å²) < 4.78 is 17.0. The van der Waals surface area contributed by atoms with Gasteiger partial charge in [0.25, 0.3) is 5.24 Å². The minimum Gasteiger partial charge on any atom is -0.611 e. The second-order valence-corrected chi connectivity index (χ2v) is 19.5. The minimum absolute atomic E-state index is 0.0225. The number of aliphatic imine (C=N–C) groups is 2. The Morgan fingerprint density at radius 1 is 0.733 bits per heavy atom. The fourth-order valence-electron chi connectivity index (χ4n) is 2.14. The average molecular weight is 825 g/mol. The topological polar surface area (TPSA) is 174 Å². The first-order valence-corrected chi connectivity index (χ1v) is 25.0. The van der Waals surface area contributed by atoms with E-state index in [-0.39, 0.29) is 18.5 Å². The summed E-state index contributed by atoms with van der Waals surface area (Å²) in [6.07, 6.45) is 0.832. The van der Waals surface area contributed by atoms with Gasteiger partial charge in [0.05, 0.1) is 36.7 Å². The van der Waals surface area contributed by atoms with Crippen molar-refractivity contribution >= 4 is 140 Å². The summed E-state index contributed by atoms with van der Waals surface area (Å²) in [4.78, 5) is 41.4. The van der Waals surface area contributed by atoms with E-state index in [9.17, 15) is 14.1 Å². The summed E-state index contributed by atoms with van der Waals surface area (Å²) >= 11 is 13.2. The van der Waals surface area contributed by atoms with Gasteiger partial charge in [0.2, 0.25) is 11.9 Å². The van der Waals surface area contributed by atoms with Crippen LogP contribution in [0.1, 0.15) is 0 Å². The Morgan fingerprint density at radius 3 is 2.11 bits per heavy atom. The number of alkyl carbamates (subject to hydrolysis) is 1. The van der Waals surface area contributed by atoms with Crippen LogP contribution in [0.3, 0.4) is 0 Å². The maximum absolute atomic E-state index is 12.0. The van der Waals surface area contributed by atoms with Crippen molar-refractivity contribution in [1.29, 1.82) is 0 Å². The van der Waals surface area contributed by atoms with Crippen molar-refractivity contribution in [2.75, 3.05) is 111 Å². The second-order valence-electron chi connectivity index (χ2n) is 7.41. The highest BCUT2D eigenvalue weighted by Crippen LogP contribution is 2.16. The quantitative estimate of drug-likeness (QED) is 0.0139. The van der Waals surface area contributed by atoms with E-state index in [0.717, 1.165) is 38.3 Å². The van der Waals surface area contributed by atoms with Crippen LogP contribution in [0.5, 0.6) is 0 Å². The van der Waals surface area contributed by atoms with E-state index >= 15 is 0 Å². The van der Waals surface area contributed by atoms with Crippen LogP contribution >= 0.6 is 106 Å². The highest BCUT2D eigenvalue weighted by molar-refractivity contribution is 8.18. The molecule has 0 aromatic heterocycles. The number of rotatable bonds is 33. The number of hydrogen-bond acceptors (Lipinski definition) is 19. The smallest absolute Gasteiger partial charge is 0.407 e. The molecule has 0 spiro atoms. The van der Waals surface area contributed by atoms with E-state index in [2.05, 4.69) is 20.6 Å². The van der Waals surface area contributed by atoms with E-state index in [4.69, 9.17) is 24.7 Å². The van der Waals surface area contributed by atoms with Crippen LogP contribution < -0.4 is 10.6 Å². The van der Waals surface area contributed by atoms with Crippen molar-refractivity contribution in [3.63, 3.8) is 0 Å². The number of nitrogens with zero attached hydrogens (tertiary/aromatic N) is 2. The van der Waals surface area contributed by atoms with Gasteiger partial charge in [0.15, 0.2) is 0 Å². The molecule has 12 nitrogen and oxygen atoms in total. The predicted molar refractivity (Wildman–Crippen MR) is 211 cm³/mol. The molecule has 0 fully saturated rings. The Hall–Kier alpha value is 1.22. The molecule has 0 radical (unpaired) electrons. The lowest BCUT2D eigenvalue weighted by Gasteiger charge is -2.06. The lowest BCUT2D eigenvalue weighted by Crippen LogP contribution is -2.24. The zero-order valence-electron chi connectivity index (χ0n) is 24.9. The first-order chi connectivity index (χ1) is 22.1. The molecule has 2 amide bonds. The lowest BCUT2D eigenvalue weighted by molar-refractivity contribution is -0.210. The Labute approximate surface area is 308 Å². The highest BCUT2D eigenvalue weighted by atomic mass is 32.2. The molecular weight excluding hydrogens is 781 g/mol. The van der Waals surface area contributed by atoms with Crippen LogP contribution in [-0.4, -0.2) is 149 Å². The van der Waals surface area contributed by atoms with Gasteiger partial charge >= 0.3 is 6.09 Å². The summed E-state index contributed by atoms with van der Waals surface area (Å²) in [6, 6.07) is 0. The van der Waals surface area contributed by atoms with Gasteiger partial charge in [-0.15, -0.1) is 58.8 Å². The Balaban J connectivity index is 3.39. The summed E-state index contributed by atoms with van der Waals surface area (Å²) in [6.45, 7) is 1.04. The molecule has 22 heteroatoms. The molecule has 0 bridgehead atoms. The molecule has 1 atom stereocenters. The largest absolute Gasteiger partial charge is 0.611 e. The zero-order chi connectivity index (χ0) is 32.9. The van der Waals surface area contributed by atoms with E-state index in [0.29, 0.717) is 59.7 Å². The number of nitrogens with one attached hydrogen (secondary N) is 2. The van der Waals surface area contributed by atoms with Crippen LogP contribution in [0.2, 0.25) is 0 Å². The van der Waals surface area contributed by atoms with Crippen LogP contribution in [-0.2, 0) is 25.7 Å². The number of carbonyl (C=O) groups excluding carboxylic acids is 2. The van der Waals surface area contributed by atoms with E-state index < -0.39 is 17.3 Å². The highest BCUT2D eigenvalue weighted by Gasteiger charge is 2.05. The second kappa shape index (κ2) is 39.7. The minimum atomic E-state index is -1.08. The first kappa shape index (κ1) is 46.2. The van der Waals surface area contributed by atoms with Crippen molar-refractivity contribution in [2.45, 2.75) is 0 Å². The number of aliphatic hydroxyl groups is 2. The molecule has 0 aromatic rings. The first-order valence-electron chi connectivity index (χ1n) is 13.4. The number of hydrogen-bond donors (Lipinski definition) is 4. The number of thioether (sulfide) groups is 9. The van der Waals surface area contributed by atoms with Crippen molar-refractivity contribution in [3.8, 4) is 0 Å². The standard InChI is InChI=1S/C23H44N4O8S10/c28-1-5-36-7-3-33-22(30)26-16-42-21-41-15-25-18-45(32)12-11-39-19-38-9-10-44-23(31)27-17-43-20-40-14-24-13-35-34-4-8-37-6-2-29/h13,18,28-29H,1-12,14-17,19-21H2,(H,26,30)(H,27,31)/b24-13-,25-18-. The van der Waals surface area contributed by atoms with Crippen LogP contribution in [0.15, 0.2) is 9.98 Å². The maximum atomic E-state index is 12.0. The molecule has 0 saturated carbocycles. The number of ether oxygens (including phenoxy) is 1. The van der Waals surface area contributed by atoms with Gasteiger partial charge in [-0.25, -0.2) is 14.8 Å². The third kappa shape index (κ3) is 39.5. The molecule has 0 heterocycles. The Morgan fingerprint density at radius 2 is 1.38 bits per heavy atom. The molecule has 0 aromatic carbocycles. The van der Waals surface area contributed by atoms with Gasteiger partial charge in [-0.1, -0.05) is 11.8 Å². The van der Waals surface area contributed by atoms with Crippen molar-refractivity contribution in [2.24, 2.45) is 9.98 Å². The van der Waals surface area contributed by atoms with E-state index in [1.54, 1.807) is 82.3 Å². The molecule has 4 N–H and O–H groups in total. The van der Waals surface area contributed by atoms with Gasteiger partial charge in [0, 0.05) is 55.5 Å². The van der Waals surface area contributed by atoms with Crippen LogP contribution in [0, 0.1) is 0 Å². The molecule has 264 valence electrons. The molecule has 0 saturated heterocycles. The number of carbonyl (C=O) groups is 2. The van der Waals surface area contributed by atoms with Crippen LogP contribution in [0.4, 0.5) is 9.59 Å². The summed E-state index contributed by atoms with van der Waals surface area (Å²) in [5, 5.41) is 25.3. The SMILES string of the molecule is O=C(NCSCSC/N=C\[S+]([O-])CCSCSCCSC(=O)NCSCSC/N=C\OOCCSCCO)OCCSCCO. The van der Waals surface area contributed by atoms with E-state index in [1.807, 2.05) is 0 Å². The van der Waals surface area contributed by atoms with E-state index in [1.165, 1.54) is 35.5 Å². The third-order valence-electron chi connectivity index (χ3n) is 3.98. The van der Waals surface area contributed by atoms with Crippen LogP contribution in [0.25, 0.3) is 0 Å². The third-order valence-corrected chi connectivity index (χ3v) is 14.5. The predicted octanol–water partition coefficient (Wildman–Crippen LogP) is 4.46. The average Bonchev–Trinajstić information content (AvgIpc) is 3.03. The van der Waals surface area contributed by atoms with Crippen molar-refractivity contribution in [3.05, 3.63) is 0 Å². The van der Waals surface area contributed by atoms with Gasteiger partial charge in [0.1, 0.15) is 19.0 Å². The van der Waals surface area contributed by atoms with Gasteiger partial charge < -0.3 is 35.0 Å². The van der Waals surface area contributed by atoms with Gasteiger partial charge in [-0.2, -0.15) is 40.2 Å². The monoisotopic (exact) mass is 824 g/mol. The summed E-state index contributed by atoms with van der Waals surface area (Å²) in [7, 11) is 0. The zero-order valence-corrected chi connectivity index (χ0v) is 33.1. The fourth-order valence-corrected chi connectivity index (χ4v) is 10.4. The molecule has 0 aliphatic rings. The summed E-state index contributed by atoms with van der Waals surface area (Å²) in [5.74, 6) is 7.78. The maximum Gasteiger partial charge on any atom is 0.407 e. The lowest BCUT2D eigenvalue weighted by atomic mass is 10.8. The molecule has 1 unspecified atom stereocenters. The molecular formula is C23H44N4O8S10. The van der Waals surface area contributed by atoms with Gasteiger partial charge in [-0.3, -0.25) is 4.79 Å². The molecule has 0 rings (SSSR count).